The molecule has 5 nitrogen and oxygen atoms in total. The fourth-order valence-electron chi connectivity index (χ4n) is 2.45. The first-order chi connectivity index (χ1) is 11.3. The molecule has 0 aliphatic carbocycles. The van der Waals surface area contributed by atoms with Gasteiger partial charge in [-0.05, 0) is 17.7 Å². The molecule has 0 atom stereocenters. The van der Waals surface area contributed by atoms with E-state index in [-0.39, 0.29) is 11.1 Å². The maximum atomic E-state index is 12.3. The van der Waals surface area contributed by atoms with Crippen LogP contribution < -0.4 is 5.56 Å². The van der Waals surface area contributed by atoms with Crippen LogP contribution in [0.3, 0.4) is 0 Å². The van der Waals surface area contributed by atoms with Crippen LogP contribution in [0.1, 0.15) is 11.1 Å². The lowest BCUT2D eigenvalue weighted by atomic mass is 9.93. The van der Waals surface area contributed by atoms with E-state index in [0.717, 1.165) is 0 Å². The zero-order chi connectivity index (χ0) is 16.2. The van der Waals surface area contributed by atoms with Gasteiger partial charge in [0.25, 0.3) is 5.56 Å². The van der Waals surface area contributed by atoms with Gasteiger partial charge in [0.1, 0.15) is 17.7 Å². The fourth-order valence-corrected chi connectivity index (χ4v) is 2.45. The van der Waals surface area contributed by atoms with Crippen LogP contribution in [0.15, 0.2) is 59.7 Å². The summed E-state index contributed by atoms with van der Waals surface area (Å²) in [6.07, 6.45) is 3.16. The second-order valence-electron chi connectivity index (χ2n) is 4.78. The Morgan fingerprint density at radius 3 is 2.13 bits per heavy atom. The van der Waals surface area contributed by atoms with Gasteiger partial charge >= 0.3 is 0 Å². The number of nitriles is 2. The maximum absolute atomic E-state index is 12.3. The standard InChI is InChI=1S/C18H10N4O/c19-10-14-16(12-4-2-1-3-5-12)15(11-20)18(23)22-17(14)13-6-8-21-9-7-13/h1-9H,(H,22,23). The topological polar surface area (TPSA) is 93.3 Å². The van der Waals surface area contributed by atoms with Crippen molar-refractivity contribution < 1.29 is 0 Å². The van der Waals surface area contributed by atoms with Gasteiger partial charge in [-0.25, -0.2) is 0 Å². The third-order valence-electron chi connectivity index (χ3n) is 3.47. The van der Waals surface area contributed by atoms with Gasteiger partial charge in [0, 0.05) is 23.5 Å². The first kappa shape index (κ1) is 14.2. The second kappa shape index (κ2) is 5.97. The van der Waals surface area contributed by atoms with Crippen LogP contribution in [-0.4, -0.2) is 9.97 Å². The zero-order valence-electron chi connectivity index (χ0n) is 11.9. The van der Waals surface area contributed by atoms with Crippen molar-refractivity contribution >= 4 is 0 Å². The highest BCUT2D eigenvalue weighted by Gasteiger charge is 2.19. The lowest BCUT2D eigenvalue weighted by Crippen LogP contribution is -2.15. The summed E-state index contributed by atoms with van der Waals surface area (Å²) in [6, 6.07) is 16.4. The Balaban J connectivity index is 2.43. The third-order valence-corrected chi connectivity index (χ3v) is 3.47. The molecule has 0 saturated carbocycles. The molecule has 3 rings (SSSR count). The molecule has 0 spiro atoms. The van der Waals surface area contributed by atoms with E-state index in [1.165, 1.54) is 0 Å². The van der Waals surface area contributed by atoms with Gasteiger partial charge in [-0.1, -0.05) is 30.3 Å². The van der Waals surface area contributed by atoms with E-state index in [2.05, 4.69) is 16.0 Å². The number of rotatable bonds is 2. The van der Waals surface area contributed by atoms with Gasteiger partial charge in [0.2, 0.25) is 0 Å². The van der Waals surface area contributed by atoms with Gasteiger partial charge in [0.05, 0.1) is 11.3 Å². The lowest BCUT2D eigenvalue weighted by Gasteiger charge is -2.11. The van der Waals surface area contributed by atoms with E-state index in [1.807, 2.05) is 12.1 Å². The monoisotopic (exact) mass is 298 g/mol. The highest BCUT2D eigenvalue weighted by molar-refractivity contribution is 5.83. The molecule has 1 N–H and O–H groups in total. The maximum Gasteiger partial charge on any atom is 0.267 e. The first-order valence-corrected chi connectivity index (χ1v) is 6.82. The Labute approximate surface area is 132 Å². The molecule has 2 heterocycles. The van der Waals surface area contributed by atoms with Crippen LogP contribution in [-0.2, 0) is 0 Å². The molecule has 0 unspecified atom stereocenters. The van der Waals surface area contributed by atoms with Gasteiger partial charge in [0.15, 0.2) is 0 Å². The number of nitrogens with zero attached hydrogens (tertiary/aromatic N) is 3. The van der Waals surface area contributed by atoms with E-state index >= 15 is 0 Å². The molecular formula is C18H10N4O. The number of hydrogen-bond donors (Lipinski definition) is 1. The minimum Gasteiger partial charge on any atom is -0.320 e. The molecular weight excluding hydrogens is 288 g/mol. The van der Waals surface area contributed by atoms with E-state index in [1.54, 1.807) is 48.8 Å². The minimum absolute atomic E-state index is 0.0643. The van der Waals surface area contributed by atoms with Gasteiger partial charge in [-0.15, -0.1) is 0 Å². The molecule has 0 fully saturated rings. The van der Waals surface area contributed by atoms with Gasteiger partial charge in [-0.2, -0.15) is 10.5 Å². The molecule has 0 aliphatic heterocycles. The molecule has 0 bridgehead atoms. The fraction of sp³-hybridized carbons (Fsp3) is 0. The van der Waals surface area contributed by atoms with E-state index in [9.17, 15) is 15.3 Å². The summed E-state index contributed by atoms with van der Waals surface area (Å²) >= 11 is 0. The Morgan fingerprint density at radius 1 is 0.870 bits per heavy atom. The number of pyridine rings is 2. The van der Waals surface area contributed by atoms with Crippen LogP contribution in [0.5, 0.6) is 0 Å². The highest BCUT2D eigenvalue weighted by atomic mass is 16.1. The number of benzene rings is 1. The van der Waals surface area contributed by atoms with Crippen molar-refractivity contribution in [3.63, 3.8) is 0 Å². The van der Waals surface area contributed by atoms with Crippen molar-refractivity contribution in [1.82, 2.24) is 9.97 Å². The molecule has 5 heteroatoms. The summed E-state index contributed by atoms with van der Waals surface area (Å²) in [7, 11) is 0. The summed E-state index contributed by atoms with van der Waals surface area (Å²) in [6.45, 7) is 0. The van der Waals surface area contributed by atoms with Crippen molar-refractivity contribution in [2.24, 2.45) is 0 Å². The Bertz CT molecular complexity index is 993. The first-order valence-electron chi connectivity index (χ1n) is 6.82. The Morgan fingerprint density at radius 2 is 1.52 bits per heavy atom. The average molecular weight is 298 g/mol. The minimum atomic E-state index is -0.517. The van der Waals surface area contributed by atoms with Crippen molar-refractivity contribution in [3.8, 4) is 34.5 Å². The van der Waals surface area contributed by atoms with Crippen LogP contribution in [0.25, 0.3) is 22.4 Å². The molecule has 3 aromatic rings. The summed E-state index contributed by atoms with van der Waals surface area (Å²) < 4.78 is 0. The third kappa shape index (κ3) is 2.48. The molecule has 23 heavy (non-hydrogen) atoms. The van der Waals surface area contributed by atoms with E-state index in [0.29, 0.717) is 22.4 Å². The summed E-state index contributed by atoms with van der Waals surface area (Å²) in [4.78, 5) is 18.9. The van der Waals surface area contributed by atoms with Crippen LogP contribution in [0.4, 0.5) is 0 Å². The second-order valence-corrected chi connectivity index (χ2v) is 4.78. The van der Waals surface area contributed by atoms with Crippen molar-refractivity contribution in [2.45, 2.75) is 0 Å². The van der Waals surface area contributed by atoms with E-state index < -0.39 is 5.56 Å². The van der Waals surface area contributed by atoms with Crippen LogP contribution in [0.2, 0.25) is 0 Å². The predicted molar refractivity (Wildman–Crippen MR) is 85.2 cm³/mol. The number of aromatic nitrogens is 2. The summed E-state index contributed by atoms with van der Waals surface area (Å²) in [5.41, 5.74) is 1.74. The number of nitrogens with one attached hydrogen (secondary N) is 1. The SMILES string of the molecule is N#Cc1c(-c2ccncc2)[nH]c(=O)c(C#N)c1-c1ccccc1. The Hall–Kier alpha value is -3.70. The summed E-state index contributed by atoms with van der Waals surface area (Å²) in [5, 5.41) is 19.0. The number of hydrogen-bond acceptors (Lipinski definition) is 4. The van der Waals surface area contributed by atoms with Gasteiger partial charge in [-0.3, -0.25) is 9.78 Å². The number of aromatic amines is 1. The number of H-pyrrole nitrogens is 1. The molecule has 0 aliphatic rings. The Kier molecular flexibility index (Phi) is 3.70. The van der Waals surface area contributed by atoms with Crippen molar-refractivity contribution in [1.29, 1.82) is 10.5 Å². The normalized spacial score (nSPS) is 9.83. The van der Waals surface area contributed by atoms with E-state index in [4.69, 9.17) is 0 Å². The predicted octanol–water partition coefficient (Wildman–Crippen LogP) is 2.85. The molecule has 0 saturated heterocycles. The van der Waals surface area contributed by atoms with Crippen LogP contribution in [0, 0.1) is 22.7 Å². The van der Waals surface area contributed by atoms with Crippen molar-refractivity contribution in [2.75, 3.05) is 0 Å². The molecule has 0 radical (unpaired) electrons. The molecule has 108 valence electrons. The molecule has 2 aromatic heterocycles. The highest BCUT2D eigenvalue weighted by Crippen LogP contribution is 2.31. The molecule has 1 aromatic carbocycles. The zero-order valence-corrected chi connectivity index (χ0v) is 11.9. The quantitative estimate of drug-likeness (QED) is 0.787. The average Bonchev–Trinajstić information content (AvgIpc) is 2.62. The smallest absolute Gasteiger partial charge is 0.267 e. The van der Waals surface area contributed by atoms with Crippen molar-refractivity contribution in [3.05, 3.63) is 76.3 Å². The summed E-state index contributed by atoms with van der Waals surface area (Å²) in [5.74, 6) is 0. The van der Waals surface area contributed by atoms with Gasteiger partial charge < -0.3 is 4.98 Å². The largest absolute Gasteiger partial charge is 0.320 e. The lowest BCUT2D eigenvalue weighted by molar-refractivity contribution is 1.20. The molecule has 0 amide bonds. The van der Waals surface area contributed by atoms with Crippen LogP contribution >= 0.6 is 0 Å².